The lowest BCUT2D eigenvalue weighted by molar-refractivity contribution is -0.144. The normalized spacial score (nSPS) is 13.1. The molecule has 2 N–H and O–H groups in total. The van der Waals surface area contributed by atoms with Crippen molar-refractivity contribution in [2.45, 2.75) is 76.9 Å². The summed E-state index contributed by atoms with van der Waals surface area (Å²) in [7, 11) is -4.00. The second kappa shape index (κ2) is 8.43. The van der Waals surface area contributed by atoms with Crippen LogP contribution in [0.25, 0.3) is 0 Å². The van der Waals surface area contributed by atoms with Crippen molar-refractivity contribution in [1.29, 1.82) is 0 Å². The van der Waals surface area contributed by atoms with Gasteiger partial charge in [0.1, 0.15) is 5.82 Å². The lowest BCUT2D eigenvalue weighted by Gasteiger charge is -2.22. The number of aromatic amines is 1. The molecule has 2 rings (SSSR count). The molecule has 1 aromatic heterocycles. The van der Waals surface area contributed by atoms with E-state index in [2.05, 4.69) is 19.9 Å². The Bertz CT molecular complexity index is 935. The second-order valence-electron chi connectivity index (χ2n) is 7.92. The Balaban J connectivity index is 2.46. The molecule has 0 saturated carbocycles. The van der Waals surface area contributed by atoms with Crippen molar-refractivity contribution in [2.75, 3.05) is 0 Å². The van der Waals surface area contributed by atoms with Gasteiger partial charge >= 0.3 is 6.18 Å². The van der Waals surface area contributed by atoms with E-state index in [1.54, 1.807) is 0 Å². The number of sulfonamides is 1. The van der Waals surface area contributed by atoms with Crippen LogP contribution in [0.4, 0.5) is 13.2 Å². The predicted octanol–water partition coefficient (Wildman–Crippen LogP) is 4.67. The zero-order valence-corrected chi connectivity index (χ0v) is 18.2. The summed E-state index contributed by atoms with van der Waals surface area (Å²) in [6.45, 7) is 11.3. The first-order valence-electron chi connectivity index (χ1n) is 9.39. The monoisotopic (exact) mass is 432 g/mol. The molecule has 0 bridgehead atoms. The van der Waals surface area contributed by atoms with E-state index < -0.39 is 28.6 Å². The summed E-state index contributed by atoms with van der Waals surface area (Å²) in [5, 5.41) is 5.21. The second-order valence-corrected chi connectivity index (χ2v) is 9.62. The van der Waals surface area contributed by atoms with Gasteiger partial charge in [0.2, 0.25) is 10.0 Å². The highest BCUT2D eigenvalue weighted by Crippen LogP contribution is 2.35. The summed E-state index contributed by atoms with van der Waals surface area (Å²) in [5.41, 5.74) is 2.41. The van der Waals surface area contributed by atoms with Crippen LogP contribution in [0.15, 0.2) is 17.0 Å². The van der Waals surface area contributed by atoms with E-state index >= 15 is 0 Å². The van der Waals surface area contributed by atoms with E-state index in [1.165, 1.54) is 0 Å². The first kappa shape index (κ1) is 23.3. The number of alkyl halides is 3. The Hall–Kier alpha value is -1.94. The fraction of sp³-hybridized carbons (Fsp3) is 0.579. The third-order valence-corrected chi connectivity index (χ3v) is 6.10. The van der Waals surface area contributed by atoms with Crippen LogP contribution in [-0.4, -0.2) is 23.6 Å². The Morgan fingerprint density at radius 1 is 1.00 bits per heavy atom. The lowest BCUT2D eigenvalue weighted by atomic mass is 9.89. The number of halogens is 3. The van der Waals surface area contributed by atoms with Crippen LogP contribution >= 0.6 is 0 Å². The summed E-state index contributed by atoms with van der Waals surface area (Å²) < 4.78 is 66.6. The van der Waals surface area contributed by atoms with Gasteiger partial charge in [-0.15, -0.1) is 5.10 Å². The Labute approximate surface area is 169 Å². The molecule has 29 heavy (non-hydrogen) atoms. The van der Waals surface area contributed by atoms with E-state index in [9.17, 15) is 21.6 Å². The number of aromatic nitrogens is 3. The number of H-pyrrole nitrogens is 1. The maximum Gasteiger partial charge on any atom is 0.453 e. The number of benzene rings is 1. The highest BCUT2D eigenvalue weighted by atomic mass is 32.2. The molecule has 0 spiro atoms. The van der Waals surface area contributed by atoms with E-state index in [4.69, 9.17) is 0 Å². The van der Waals surface area contributed by atoms with Gasteiger partial charge in [-0.25, -0.2) is 18.1 Å². The molecule has 0 aliphatic carbocycles. The first-order chi connectivity index (χ1) is 13.2. The van der Waals surface area contributed by atoms with Gasteiger partial charge in [-0.2, -0.15) is 13.2 Å². The smallest absolute Gasteiger partial charge is 0.262 e. The maximum absolute atomic E-state index is 13.1. The summed E-state index contributed by atoms with van der Waals surface area (Å²) in [5.74, 6) is -1.43. The van der Waals surface area contributed by atoms with Gasteiger partial charge in [0.15, 0.2) is 0 Å². The molecule has 0 aliphatic heterocycles. The number of hydrogen-bond acceptors (Lipinski definition) is 4. The highest BCUT2D eigenvalue weighted by molar-refractivity contribution is 7.89. The van der Waals surface area contributed by atoms with Crippen LogP contribution in [-0.2, 0) is 22.7 Å². The van der Waals surface area contributed by atoms with Gasteiger partial charge in [0, 0.05) is 0 Å². The SMILES string of the molecule is CC(C)c1cc(C(C)C)c(S(=O)(=O)NCc2nc(C(F)(F)F)n[nH]2)c(C(C)C)c1. The third kappa shape index (κ3) is 5.36. The molecular weight excluding hydrogens is 405 g/mol. The zero-order chi connectivity index (χ0) is 22.1. The predicted molar refractivity (Wildman–Crippen MR) is 104 cm³/mol. The van der Waals surface area contributed by atoms with Crippen molar-refractivity contribution in [3.05, 3.63) is 40.5 Å². The van der Waals surface area contributed by atoms with Crippen molar-refractivity contribution >= 4 is 10.0 Å². The Kier molecular flexibility index (Phi) is 6.79. The molecule has 6 nitrogen and oxygen atoms in total. The maximum atomic E-state index is 13.1. The quantitative estimate of drug-likeness (QED) is 0.665. The molecule has 0 unspecified atom stereocenters. The van der Waals surface area contributed by atoms with E-state index in [-0.39, 0.29) is 28.5 Å². The van der Waals surface area contributed by atoms with Crippen LogP contribution in [0.3, 0.4) is 0 Å². The van der Waals surface area contributed by atoms with E-state index in [0.717, 1.165) is 5.56 Å². The van der Waals surface area contributed by atoms with Crippen molar-refractivity contribution in [3.63, 3.8) is 0 Å². The standard InChI is InChI=1S/C19H27F3N4O2S/c1-10(2)13-7-14(11(3)4)17(15(8-13)12(5)6)29(27,28)23-9-16-24-18(26-25-16)19(20,21)22/h7-8,10-12,23H,9H2,1-6H3,(H,24,25,26). The molecule has 1 heterocycles. The van der Waals surface area contributed by atoms with Gasteiger partial charge in [-0.1, -0.05) is 53.7 Å². The van der Waals surface area contributed by atoms with Crippen LogP contribution in [0, 0.1) is 0 Å². The number of rotatable bonds is 7. The molecule has 162 valence electrons. The zero-order valence-electron chi connectivity index (χ0n) is 17.3. The molecule has 0 saturated heterocycles. The van der Waals surface area contributed by atoms with Crippen LogP contribution in [0.1, 0.15) is 87.6 Å². The van der Waals surface area contributed by atoms with Gasteiger partial charge in [-0.3, -0.25) is 5.10 Å². The van der Waals surface area contributed by atoms with Crippen LogP contribution in [0.5, 0.6) is 0 Å². The Morgan fingerprint density at radius 2 is 1.52 bits per heavy atom. The first-order valence-corrected chi connectivity index (χ1v) is 10.9. The fourth-order valence-corrected chi connectivity index (χ4v) is 4.62. The molecule has 0 fully saturated rings. The molecule has 0 aliphatic rings. The third-order valence-electron chi connectivity index (χ3n) is 4.56. The van der Waals surface area contributed by atoms with Gasteiger partial charge in [0.25, 0.3) is 5.82 Å². The molecule has 0 atom stereocenters. The average molecular weight is 433 g/mol. The largest absolute Gasteiger partial charge is 0.453 e. The van der Waals surface area contributed by atoms with Crippen molar-refractivity contribution in [2.24, 2.45) is 0 Å². The topological polar surface area (TPSA) is 87.7 Å². The van der Waals surface area contributed by atoms with Gasteiger partial charge in [0.05, 0.1) is 11.4 Å². The lowest BCUT2D eigenvalue weighted by Crippen LogP contribution is -2.27. The average Bonchev–Trinajstić information content (AvgIpc) is 3.08. The fourth-order valence-electron chi connectivity index (χ4n) is 2.94. The minimum Gasteiger partial charge on any atom is -0.262 e. The molecule has 0 amide bonds. The molecule has 0 radical (unpaired) electrons. The molecule has 10 heteroatoms. The Morgan fingerprint density at radius 3 is 1.90 bits per heavy atom. The van der Waals surface area contributed by atoms with Crippen molar-refractivity contribution < 1.29 is 21.6 Å². The van der Waals surface area contributed by atoms with Crippen LogP contribution in [0.2, 0.25) is 0 Å². The number of hydrogen-bond donors (Lipinski definition) is 2. The van der Waals surface area contributed by atoms with Crippen molar-refractivity contribution in [3.8, 4) is 0 Å². The van der Waals surface area contributed by atoms with Crippen molar-refractivity contribution in [1.82, 2.24) is 19.9 Å². The van der Waals surface area contributed by atoms with Gasteiger partial charge in [-0.05, 0) is 34.4 Å². The summed E-state index contributed by atoms with van der Waals surface area (Å²) in [6, 6.07) is 3.79. The number of nitrogens with zero attached hydrogens (tertiary/aromatic N) is 2. The summed E-state index contributed by atoms with van der Waals surface area (Å²) in [6.07, 6.45) is -4.70. The summed E-state index contributed by atoms with van der Waals surface area (Å²) >= 11 is 0. The van der Waals surface area contributed by atoms with Crippen LogP contribution < -0.4 is 4.72 Å². The minimum absolute atomic E-state index is 0.0557. The highest BCUT2D eigenvalue weighted by Gasteiger charge is 2.36. The molecular formula is C19H27F3N4O2S. The molecule has 2 aromatic rings. The minimum atomic E-state index is -4.70. The van der Waals surface area contributed by atoms with E-state index in [1.807, 2.05) is 53.7 Å². The molecule has 1 aromatic carbocycles. The number of nitrogens with one attached hydrogen (secondary N) is 2. The van der Waals surface area contributed by atoms with Gasteiger partial charge < -0.3 is 0 Å². The van der Waals surface area contributed by atoms with E-state index in [0.29, 0.717) is 11.1 Å². The summed E-state index contributed by atoms with van der Waals surface area (Å²) in [4.78, 5) is 3.49.